The van der Waals surface area contributed by atoms with E-state index >= 15 is 0 Å². The standard InChI is InChI=1S/C13H13ClN2O/c1-15-12(9-6-7-9)8-13(17)16(15)11-5-3-2-4-10(11)14/h2-5,8-9H,6-7H2,1H3. The van der Waals surface area contributed by atoms with E-state index in [1.54, 1.807) is 16.8 Å². The molecule has 0 unspecified atom stereocenters. The Hall–Kier alpha value is -1.48. The number of para-hydroxylation sites is 1. The molecule has 1 aliphatic rings. The smallest absolute Gasteiger partial charge is 0.271 e. The van der Waals surface area contributed by atoms with E-state index < -0.39 is 0 Å². The van der Waals surface area contributed by atoms with Gasteiger partial charge in [-0.05, 0) is 25.0 Å². The largest absolute Gasteiger partial charge is 0.285 e. The van der Waals surface area contributed by atoms with Crippen LogP contribution in [0.2, 0.25) is 5.02 Å². The van der Waals surface area contributed by atoms with Crippen LogP contribution in [-0.4, -0.2) is 9.36 Å². The van der Waals surface area contributed by atoms with Crippen molar-refractivity contribution in [2.45, 2.75) is 18.8 Å². The summed E-state index contributed by atoms with van der Waals surface area (Å²) in [6, 6.07) is 9.13. The van der Waals surface area contributed by atoms with Crippen molar-refractivity contribution in [1.82, 2.24) is 9.36 Å². The third kappa shape index (κ3) is 1.71. The number of aromatic nitrogens is 2. The van der Waals surface area contributed by atoms with Crippen molar-refractivity contribution in [3.63, 3.8) is 0 Å². The van der Waals surface area contributed by atoms with Gasteiger partial charge in [0.15, 0.2) is 0 Å². The summed E-state index contributed by atoms with van der Waals surface area (Å²) in [5.41, 5.74) is 1.84. The number of rotatable bonds is 2. The quantitative estimate of drug-likeness (QED) is 0.803. The molecule has 1 aromatic carbocycles. The fourth-order valence-corrected chi connectivity index (χ4v) is 2.43. The summed E-state index contributed by atoms with van der Waals surface area (Å²) in [5, 5.41) is 0.596. The van der Waals surface area contributed by atoms with Crippen LogP contribution < -0.4 is 5.56 Å². The minimum absolute atomic E-state index is 0.0116. The Labute approximate surface area is 104 Å². The van der Waals surface area contributed by atoms with Crippen molar-refractivity contribution in [1.29, 1.82) is 0 Å². The first-order chi connectivity index (χ1) is 8.18. The molecule has 0 spiro atoms. The van der Waals surface area contributed by atoms with Gasteiger partial charge in [-0.1, -0.05) is 23.7 Å². The Morgan fingerprint density at radius 1 is 1.29 bits per heavy atom. The first-order valence-electron chi connectivity index (χ1n) is 5.72. The molecule has 1 aromatic heterocycles. The predicted octanol–water partition coefficient (Wildman–Crippen LogP) is 2.71. The Kier molecular flexibility index (Phi) is 2.37. The molecule has 88 valence electrons. The fraction of sp³-hybridized carbons (Fsp3) is 0.308. The third-order valence-electron chi connectivity index (χ3n) is 3.23. The molecule has 0 amide bonds. The lowest BCUT2D eigenvalue weighted by atomic mass is 10.3. The number of benzene rings is 1. The molecule has 1 heterocycles. The maximum atomic E-state index is 12.0. The molecule has 1 fully saturated rings. The van der Waals surface area contributed by atoms with Crippen LogP contribution in [0.25, 0.3) is 5.69 Å². The summed E-state index contributed by atoms with van der Waals surface area (Å²) >= 11 is 6.13. The van der Waals surface area contributed by atoms with Crippen LogP contribution in [-0.2, 0) is 7.05 Å². The highest BCUT2D eigenvalue weighted by molar-refractivity contribution is 6.32. The minimum atomic E-state index is -0.0116. The molecular weight excluding hydrogens is 236 g/mol. The zero-order valence-corrected chi connectivity index (χ0v) is 10.3. The van der Waals surface area contributed by atoms with Crippen molar-refractivity contribution in [2.75, 3.05) is 0 Å². The van der Waals surface area contributed by atoms with Crippen LogP contribution in [0.15, 0.2) is 35.1 Å². The van der Waals surface area contributed by atoms with Crippen LogP contribution in [0.4, 0.5) is 0 Å². The van der Waals surface area contributed by atoms with E-state index in [-0.39, 0.29) is 5.56 Å². The topological polar surface area (TPSA) is 26.9 Å². The number of hydrogen-bond acceptors (Lipinski definition) is 1. The van der Waals surface area contributed by atoms with Gasteiger partial charge >= 0.3 is 0 Å². The molecule has 0 saturated heterocycles. The second-order valence-electron chi connectivity index (χ2n) is 4.47. The average Bonchev–Trinajstić information content (AvgIpc) is 3.09. The minimum Gasteiger partial charge on any atom is -0.285 e. The zero-order chi connectivity index (χ0) is 12.0. The van der Waals surface area contributed by atoms with Gasteiger partial charge in [0.25, 0.3) is 5.56 Å². The monoisotopic (exact) mass is 248 g/mol. The zero-order valence-electron chi connectivity index (χ0n) is 9.56. The van der Waals surface area contributed by atoms with E-state index in [9.17, 15) is 4.79 Å². The second kappa shape index (κ2) is 3.77. The summed E-state index contributed by atoms with van der Waals surface area (Å²) in [7, 11) is 1.92. The highest BCUT2D eigenvalue weighted by atomic mass is 35.5. The number of hydrogen-bond donors (Lipinski definition) is 0. The molecule has 0 radical (unpaired) electrons. The van der Waals surface area contributed by atoms with Crippen molar-refractivity contribution in [2.24, 2.45) is 7.05 Å². The molecule has 3 rings (SSSR count). The van der Waals surface area contributed by atoms with Gasteiger partial charge in [0, 0.05) is 24.7 Å². The summed E-state index contributed by atoms with van der Waals surface area (Å²) in [6.07, 6.45) is 2.36. The highest BCUT2D eigenvalue weighted by Gasteiger charge is 2.28. The van der Waals surface area contributed by atoms with E-state index in [0.29, 0.717) is 10.9 Å². The SMILES string of the molecule is Cn1c(C2CC2)cc(=O)n1-c1ccccc1Cl. The maximum absolute atomic E-state index is 12.0. The van der Waals surface area contributed by atoms with Gasteiger partial charge in [-0.2, -0.15) is 0 Å². The molecular formula is C13H13ClN2O. The fourth-order valence-electron chi connectivity index (χ4n) is 2.21. The van der Waals surface area contributed by atoms with Crippen molar-refractivity contribution < 1.29 is 0 Å². The van der Waals surface area contributed by atoms with Crippen molar-refractivity contribution >= 4 is 11.6 Å². The van der Waals surface area contributed by atoms with Gasteiger partial charge in [-0.25, -0.2) is 4.68 Å². The molecule has 1 aliphatic carbocycles. The van der Waals surface area contributed by atoms with Gasteiger partial charge in [-0.15, -0.1) is 0 Å². The first kappa shape index (κ1) is 10.7. The number of nitrogens with zero attached hydrogens (tertiary/aromatic N) is 2. The van der Waals surface area contributed by atoms with E-state index in [0.717, 1.165) is 11.4 Å². The molecule has 1 saturated carbocycles. The lowest BCUT2D eigenvalue weighted by Crippen LogP contribution is -2.19. The average molecular weight is 249 g/mol. The summed E-state index contributed by atoms with van der Waals surface area (Å²) in [4.78, 5) is 12.0. The Bertz CT molecular complexity index is 623. The summed E-state index contributed by atoms with van der Waals surface area (Å²) < 4.78 is 3.55. The molecule has 0 atom stereocenters. The molecule has 0 N–H and O–H groups in total. The van der Waals surface area contributed by atoms with E-state index in [1.807, 2.05) is 29.9 Å². The summed E-state index contributed by atoms with van der Waals surface area (Å²) in [5.74, 6) is 0.552. The molecule has 17 heavy (non-hydrogen) atoms. The second-order valence-corrected chi connectivity index (χ2v) is 4.88. The molecule has 0 aliphatic heterocycles. The van der Waals surface area contributed by atoms with Gasteiger partial charge in [0.05, 0.1) is 10.7 Å². The van der Waals surface area contributed by atoms with Crippen molar-refractivity contribution in [3.05, 3.63) is 51.4 Å². The normalized spacial score (nSPS) is 15.2. The Balaban J connectivity index is 2.21. The Morgan fingerprint density at radius 2 is 2.00 bits per heavy atom. The maximum Gasteiger partial charge on any atom is 0.271 e. The van der Waals surface area contributed by atoms with E-state index in [2.05, 4.69) is 0 Å². The lowest BCUT2D eigenvalue weighted by Gasteiger charge is -2.10. The van der Waals surface area contributed by atoms with Crippen LogP contribution in [0, 0.1) is 0 Å². The third-order valence-corrected chi connectivity index (χ3v) is 3.55. The van der Waals surface area contributed by atoms with Gasteiger partial charge in [0.1, 0.15) is 0 Å². The van der Waals surface area contributed by atoms with Crippen LogP contribution in [0.1, 0.15) is 24.5 Å². The van der Waals surface area contributed by atoms with Crippen LogP contribution >= 0.6 is 11.6 Å². The number of halogens is 1. The van der Waals surface area contributed by atoms with Crippen molar-refractivity contribution in [3.8, 4) is 5.69 Å². The predicted molar refractivity (Wildman–Crippen MR) is 68.0 cm³/mol. The van der Waals surface area contributed by atoms with Gasteiger partial charge in [0.2, 0.25) is 0 Å². The highest BCUT2D eigenvalue weighted by Crippen LogP contribution is 2.39. The van der Waals surface area contributed by atoms with Crippen LogP contribution in [0.5, 0.6) is 0 Å². The van der Waals surface area contributed by atoms with E-state index in [1.165, 1.54) is 12.8 Å². The molecule has 2 aromatic rings. The lowest BCUT2D eigenvalue weighted by molar-refractivity contribution is 0.616. The molecule has 3 nitrogen and oxygen atoms in total. The van der Waals surface area contributed by atoms with E-state index in [4.69, 9.17) is 11.6 Å². The molecule has 0 bridgehead atoms. The molecule has 4 heteroatoms. The Morgan fingerprint density at radius 3 is 2.65 bits per heavy atom. The van der Waals surface area contributed by atoms with Gasteiger partial charge in [-0.3, -0.25) is 9.48 Å². The van der Waals surface area contributed by atoms with Crippen LogP contribution in [0.3, 0.4) is 0 Å². The van der Waals surface area contributed by atoms with Gasteiger partial charge < -0.3 is 0 Å². The first-order valence-corrected chi connectivity index (χ1v) is 6.10. The summed E-state index contributed by atoms with van der Waals surface area (Å²) in [6.45, 7) is 0.